The van der Waals surface area contributed by atoms with E-state index in [1.54, 1.807) is 28.8 Å². The van der Waals surface area contributed by atoms with Gasteiger partial charge in [-0.1, -0.05) is 25.1 Å². The van der Waals surface area contributed by atoms with Crippen LogP contribution in [0.4, 0.5) is 0 Å². The first kappa shape index (κ1) is 22.8. The summed E-state index contributed by atoms with van der Waals surface area (Å²) in [4.78, 5) is 33.7. The summed E-state index contributed by atoms with van der Waals surface area (Å²) < 4.78 is 8.45. The van der Waals surface area contributed by atoms with Crippen molar-refractivity contribution in [2.75, 3.05) is 20.2 Å². The van der Waals surface area contributed by atoms with Crippen molar-refractivity contribution in [2.24, 2.45) is 5.92 Å². The van der Waals surface area contributed by atoms with E-state index in [4.69, 9.17) is 15.1 Å². The number of amides is 1. The number of nitrogens with one attached hydrogen (secondary N) is 1. The van der Waals surface area contributed by atoms with Gasteiger partial charge in [0.25, 0.3) is 11.5 Å². The van der Waals surface area contributed by atoms with Crippen molar-refractivity contribution in [2.45, 2.75) is 33.2 Å². The van der Waals surface area contributed by atoms with Crippen LogP contribution in [0.3, 0.4) is 0 Å². The molecule has 0 unspecified atom stereocenters. The van der Waals surface area contributed by atoms with E-state index in [2.05, 4.69) is 6.92 Å². The van der Waals surface area contributed by atoms with Crippen LogP contribution in [0.25, 0.3) is 16.7 Å². The normalized spacial score (nSPS) is 14.5. The molecular formula is C27H29N5O3. The molecule has 1 amide bonds. The molecule has 0 saturated carbocycles. The van der Waals surface area contributed by atoms with Gasteiger partial charge in [-0.05, 0) is 61.1 Å². The Morgan fingerprint density at radius 1 is 1.14 bits per heavy atom. The summed E-state index contributed by atoms with van der Waals surface area (Å²) in [5, 5.41) is 9.34. The van der Waals surface area contributed by atoms with Gasteiger partial charge in [0.15, 0.2) is 0 Å². The number of aryl methyl sites for hydroxylation is 1. The Labute approximate surface area is 202 Å². The number of pyridine rings is 2. The van der Waals surface area contributed by atoms with Crippen LogP contribution in [0.1, 0.15) is 41.3 Å². The molecule has 0 aliphatic carbocycles. The van der Waals surface area contributed by atoms with Crippen molar-refractivity contribution in [3.05, 3.63) is 81.2 Å². The molecule has 8 nitrogen and oxygen atoms in total. The fraction of sp³-hybridized carbons (Fsp3) is 0.333. The molecule has 1 aromatic carbocycles. The summed E-state index contributed by atoms with van der Waals surface area (Å²) in [5.41, 5.74) is 2.74. The Balaban J connectivity index is 1.73. The van der Waals surface area contributed by atoms with E-state index >= 15 is 0 Å². The molecule has 0 spiro atoms. The third-order valence-electron chi connectivity index (χ3n) is 6.93. The Kier molecular flexibility index (Phi) is 5.88. The molecule has 0 radical (unpaired) electrons. The summed E-state index contributed by atoms with van der Waals surface area (Å²) in [6.45, 7) is 5.70. The minimum absolute atomic E-state index is 0.0572. The van der Waals surface area contributed by atoms with E-state index in [0.717, 1.165) is 29.7 Å². The zero-order valence-electron chi connectivity index (χ0n) is 20.2. The molecule has 0 bridgehead atoms. The number of likely N-dealkylation sites (tertiary alicyclic amines) is 1. The second-order valence-corrected chi connectivity index (χ2v) is 9.35. The first-order valence-corrected chi connectivity index (χ1v) is 11.9. The van der Waals surface area contributed by atoms with Crippen LogP contribution in [0.2, 0.25) is 0 Å². The molecule has 1 aliphatic heterocycles. The molecule has 1 N–H and O–H groups in total. The number of nitrogens with zero attached hydrogens (tertiary/aromatic N) is 4. The minimum Gasteiger partial charge on any atom is -0.497 e. The highest BCUT2D eigenvalue weighted by Gasteiger charge is 2.25. The monoisotopic (exact) mass is 471 g/mol. The van der Waals surface area contributed by atoms with Crippen LogP contribution < -0.4 is 15.8 Å². The average Bonchev–Trinajstić information content (AvgIpc) is 2.87. The lowest BCUT2D eigenvalue weighted by Gasteiger charge is -2.30. The number of benzene rings is 1. The van der Waals surface area contributed by atoms with Crippen LogP contribution in [0.15, 0.2) is 53.5 Å². The number of carbonyl (C=O) groups is 1. The van der Waals surface area contributed by atoms with Crippen molar-refractivity contribution < 1.29 is 9.53 Å². The molecule has 4 aromatic rings. The van der Waals surface area contributed by atoms with E-state index in [-0.39, 0.29) is 22.5 Å². The number of hydrogen-bond donors (Lipinski definition) is 1. The van der Waals surface area contributed by atoms with Crippen LogP contribution >= 0.6 is 0 Å². The third kappa shape index (κ3) is 4.09. The summed E-state index contributed by atoms with van der Waals surface area (Å²) in [7, 11) is 1.61. The molecule has 8 heteroatoms. The van der Waals surface area contributed by atoms with Gasteiger partial charge in [-0.15, -0.1) is 0 Å². The lowest BCUT2D eigenvalue weighted by molar-refractivity contribution is 0.0694. The van der Waals surface area contributed by atoms with Gasteiger partial charge < -0.3 is 14.2 Å². The summed E-state index contributed by atoms with van der Waals surface area (Å²) in [5.74, 6) is 1.10. The average molecular weight is 472 g/mol. The molecule has 180 valence electrons. The molecule has 5 rings (SSSR count). The van der Waals surface area contributed by atoms with Crippen molar-refractivity contribution in [1.82, 2.24) is 18.9 Å². The zero-order valence-corrected chi connectivity index (χ0v) is 20.2. The summed E-state index contributed by atoms with van der Waals surface area (Å²) in [6.07, 6.45) is 3.56. The first-order valence-electron chi connectivity index (χ1n) is 11.9. The maximum Gasteiger partial charge on any atom is 0.267 e. The van der Waals surface area contributed by atoms with Crippen molar-refractivity contribution >= 4 is 22.6 Å². The number of methoxy groups -OCH3 is 1. The fourth-order valence-corrected chi connectivity index (χ4v) is 4.71. The number of ether oxygens (including phenoxy) is 1. The first-order chi connectivity index (χ1) is 16.9. The standard InChI is InChI=1S/C27H29N5O3/c1-17-10-13-30(14-11-17)26(33)21-15-22-25(29-24-18(2)5-4-12-31(24)27(22)34)32(23(21)28)16-19-6-8-20(35-3)9-7-19/h4-9,12,15,17,28H,10-11,13-14,16H2,1-3H3. The molecule has 3 aromatic heterocycles. The highest BCUT2D eigenvalue weighted by Crippen LogP contribution is 2.20. The number of aromatic nitrogens is 3. The summed E-state index contributed by atoms with van der Waals surface area (Å²) in [6, 6.07) is 12.8. The van der Waals surface area contributed by atoms with Gasteiger partial charge in [-0.25, -0.2) is 4.98 Å². The molecule has 1 saturated heterocycles. The van der Waals surface area contributed by atoms with Crippen LogP contribution in [-0.4, -0.2) is 45.0 Å². The molecule has 1 fully saturated rings. The SMILES string of the molecule is COc1ccc(Cn2c(=N)c(C(=O)N3CCC(C)CC3)cc3c(=O)n4cccc(C)c4nc32)cc1. The highest BCUT2D eigenvalue weighted by molar-refractivity contribution is 5.97. The van der Waals surface area contributed by atoms with E-state index in [0.29, 0.717) is 42.2 Å². The number of carbonyl (C=O) groups excluding carboxylic acids is 1. The Morgan fingerprint density at radius 3 is 2.54 bits per heavy atom. The lowest BCUT2D eigenvalue weighted by atomic mass is 9.98. The molecular weight excluding hydrogens is 442 g/mol. The smallest absolute Gasteiger partial charge is 0.267 e. The number of rotatable bonds is 4. The van der Waals surface area contributed by atoms with Crippen molar-refractivity contribution in [3.8, 4) is 5.75 Å². The number of fused-ring (bicyclic) bond motifs is 2. The molecule has 1 aliphatic rings. The largest absolute Gasteiger partial charge is 0.497 e. The second-order valence-electron chi connectivity index (χ2n) is 9.35. The predicted octanol–water partition coefficient (Wildman–Crippen LogP) is 3.37. The van der Waals surface area contributed by atoms with Gasteiger partial charge in [-0.3, -0.25) is 19.4 Å². The fourth-order valence-electron chi connectivity index (χ4n) is 4.71. The van der Waals surface area contributed by atoms with Crippen LogP contribution in [0, 0.1) is 18.3 Å². The van der Waals surface area contributed by atoms with Gasteiger partial charge in [0.05, 0.1) is 24.6 Å². The summed E-state index contributed by atoms with van der Waals surface area (Å²) >= 11 is 0. The maximum absolute atomic E-state index is 13.5. The Bertz CT molecular complexity index is 1540. The molecule has 35 heavy (non-hydrogen) atoms. The minimum atomic E-state index is -0.251. The van der Waals surface area contributed by atoms with Gasteiger partial charge in [0.1, 0.15) is 22.5 Å². The van der Waals surface area contributed by atoms with Crippen molar-refractivity contribution in [1.29, 1.82) is 5.41 Å². The Morgan fingerprint density at radius 2 is 1.86 bits per heavy atom. The molecule has 4 heterocycles. The van der Waals surface area contributed by atoms with Gasteiger partial charge >= 0.3 is 0 Å². The highest BCUT2D eigenvalue weighted by atomic mass is 16.5. The van der Waals surface area contributed by atoms with Gasteiger partial charge in [0, 0.05) is 19.3 Å². The van der Waals surface area contributed by atoms with Crippen LogP contribution in [-0.2, 0) is 6.54 Å². The van der Waals surface area contributed by atoms with E-state index in [9.17, 15) is 9.59 Å². The topological polar surface area (TPSA) is 92.7 Å². The van der Waals surface area contributed by atoms with Crippen LogP contribution in [0.5, 0.6) is 5.75 Å². The van der Waals surface area contributed by atoms with Gasteiger partial charge in [-0.2, -0.15) is 0 Å². The third-order valence-corrected chi connectivity index (χ3v) is 6.93. The maximum atomic E-state index is 13.5. The van der Waals surface area contributed by atoms with E-state index in [1.165, 1.54) is 4.40 Å². The second kappa shape index (κ2) is 9.02. The van der Waals surface area contributed by atoms with E-state index in [1.807, 2.05) is 43.3 Å². The predicted molar refractivity (Wildman–Crippen MR) is 134 cm³/mol. The Hall–Kier alpha value is -3.94. The lowest BCUT2D eigenvalue weighted by Crippen LogP contribution is -2.41. The quantitative estimate of drug-likeness (QED) is 0.462. The zero-order chi connectivity index (χ0) is 24.7. The van der Waals surface area contributed by atoms with Gasteiger partial charge in [0.2, 0.25) is 0 Å². The number of hydrogen-bond acceptors (Lipinski definition) is 5. The number of piperidine rings is 1. The van der Waals surface area contributed by atoms with E-state index < -0.39 is 0 Å². The molecule has 0 atom stereocenters. The van der Waals surface area contributed by atoms with Crippen molar-refractivity contribution in [3.63, 3.8) is 0 Å².